The number of ether oxygens (including phenoxy) is 1. The predicted octanol–water partition coefficient (Wildman–Crippen LogP) is 3.16. The number of benzene rings is 1. The Balaban J connectivity index is 2.04. The third-order valence-corrected chi connectivity index (χ3v) is 3.94. The lowest BCUT2D eigenvalue weighted by atomic mass is 10.0. The van der Waals surface area contributed by atoms with Gasteiger partial charge < -0.3 is 9.64 Å². The Labute approximate surface area is 124 Å². The average Bonchev–Trinajstić information content (AvgIpc) is 2.48. The maximum atomic E-state index is 5.93. The van der Waals surface area contributed by atoms with Crippen molar-refractivity contribution in [1.29, 1.82) is 0 Å². The summed E-state index contributed by atoms with van der Waals surface area (Å²) in [6, 6.07) is 8.66. The molecule has 20 heavy (non-hydrogen) atoms. The fraction of sp³-hybridized carbons (Fsp3) is 0.438. The predicted molar refractivity (Wildman–Crippen MR) is 83.9 cm³/mol. The molecule has 1 aliphatic heterocycles. The van der Waals surface area contributed by atoms with Crippen LogP contribution in [0.2, 0.25) is 0 Å². The van der Waals surface area contributed by atoms with Crippen LogP contribution in [0.1, 0.15) is 11.3 Å². The van der Waals surface area contributed by atoms with Gasteiger partial charge in [0.25, 0.3) is 0 Å². The van der Waals surface area contributed by atoms with Crippen LogP contribution in [0.25, 0.3) is 10.9 Å². The Kier molecular flexibility index (Phi) is 4.08. The first-order valence-corrected chi connectivity index (χ1v) is 7.60. The van der Waals surface area contributed by atoms with Crippen molar-refractivity contribution in [3.63, 3.8) is 0 Å². The topological polar surface area (TPSA) is 25.4 Å². The molecule has 106 valence electrons. The molecule has 0 atom stereocenters. The number of hydrogen-bond donors (Lipinski definition) is 0. The number of anilines is 1. The van der Waals surface area contributed by atoms with Crippen LogP contribution in [0.4, 0.5) is 5.69 Å². The molecule has 2 heterocycles. The summed E-state index contributed by atoms with van der Waals surface area (Å²) < 4.78 is 5.42. The van der Waals surface area contributed by atoms with E-state index < -0.39 is 0 Å². The highest BCUT2D eigenvalue weighted by Gasteiger charge is 2.13. The highest BCUT2D eigenvalue weighted by Crippen LogP contribution is 2.25. The number of hydrogen-bond acceptors (Lipinski definition) is 3. The summed E-state index contributed by atoms with van der Waals surface area (Å²) in [7, 11) is 0. The van der Waals surface area contributed by atoms with E-state index in [1.807, 2.05) is 6.92 Å². The molecule has 0 amide bonds. The van der Waals surface area contributed by atoms with E-state index in [-0.39, 0.29) is 0 Å². The molecule has 0 bridgehead atoms. The minimum atomic E-state index is 0.639. The summed E-state index contributed by atoms with van der Waals surface area (Å²) in [4.78, 5) is 6.99. The first-order valence-electron chi connectivity index (χ1n) is 7.07. The third kappa shape index (κ3) is 2.74. The maximum absolute atomic E-state index is 5.93. The number of pyridine rings is 1. The Morgan fingerprint density at radius 2 is 2.05 bits per heavy atom. The van der Waals surface area contributed by atoms with Crippen molar-refractivity contribution >= 4 is 28.2 Å². The van der Waals surface area contributed by atoms with Gasteiger partial charge in [-0.25, -0.2) is 0 Å². The summed E-state index contributed by atoms with van der Waals surface area (Å²) >= 11 is 5.93. The fourth-order valence-corrected chi connectivity index (χ4v) is 2.96. The quantitative estimate of drug-likeness (QED) is 0.812. The average molecular weight is 291 g/mol. The zero-order chi connectivity index (χ0) is 13.9. The van der Waals surface area contributed by atoms with Gasteiger partial charge in [-0.2, -0.15) is 0 Å². The van der Waals surface area contributed by atoms with Gasteiger partial charge in [0.2, 0.25) is 0 Å². The van der Waals surface area contributed by atoms with Gasteiger partial charge in [-0.1, -0.05) is 0 Å². The highest BCUT2D eigenvalue weighted by molar-refractivity contribution is 6.18. The number of fused-ring (bicyclic) bond motifs is 1. The smallest absolute Gasteiger partial charge is 0.0709 e. The Bertz CT molecular complexity index is 609. The molecular weight excluding hydrogens is 272 g/mol. The monoisotopic (exact) mass is 290 g/mol. The SMILES string of the molecule is Cc1cc(CCCl)c2cc(N3CCOCC3)ccc2n1. The largest absolute Gasteiger partial charge is 0.378 e. The number of alkyl halides is 1. The normalized spacial score (nSPS) is 15.8. The van der Waals surface area contributed by atoms with Crippen LogP contribution in [-0.4, -0.2) is 37.2 Å². The van der Waals surface area contributed by atoms with Crippen LogP contribution in [-0.2, 0) is 11.2 Å². The molecule has 2 aromatic rings. The van der Waals surface area contributed by atoms with E-state index in [2.05, 4.69) is 34.1 Å². The van der Waals surface area contributed by atoms with Gasteiger partial charge in [-0.05, 0) is 43.2 Å². The molecule has 0 spiro atoms. The van der Waals surface area contributed by atoms with Crippen molar-refractivity contribution in [1.82, 2.24) is 4.98 Å². The molecule has 1 fully saturated rings. The molecule has 3 nitrogen and oxygen atoms in total. The molecular formula is C16H19ClN2O. The summed E-state index contributed by atoms with van der Waals surface area (Å²) in [5.41, 5.74) is 4.65. The van der Waals surface area contributed by atoms with Crippen LogP contribution in [0.5, 0.6) is 0 Å². The fourth-order valence-electron chi connectivity index (χ4n) is 2.76. The molecule has 0 radical (unpaired) electrons. The zero-order valence-electron chi connectivity index (χ0n) is 11.7. The lowest BCUT2D eigenvalue weighted by Crippen LogP contribution is -2.36. The van der Waals surface area contributed by atoms with E-state index in [1.54, 1.807) is 0 Å². The molecule has 4 heteroatoms. The minimum absolute atomic E-state index is 0.639. The van der Waals surface area contributed by atoms with Crippen molar-refractivity contribution < 1.29 is 4.74 Å². The first-order chi connectivity index (χ1) is 9.78. The van der Waals surface area contributed by atoms with Crippen molar-refractivity contribution in [2.45, 2.75) is 13.3 Å². The summed E-state index contributed by atoms with van der Waals surface area (Å²) in [6.07, 6.45) is 0.883. The number of nitrogens with zero attached hydrogens (tertiary/aromatic N) is 2. The van der Waals surface area contributed by atoms with E-state index in [0.717, 1.165) is 43.9 Å². The van der Waals surface area contributed by atoms with E-state index in [4.69, 9.17) is 16.3 Å². The van der Waals surface area contributed by atoms with Gasteiger partial charge >= 0.3 is 0 Å². The second-order valence-electron chi connectivity index (χ2n) is 5.16. The Morgan fingerprint density at radius 3 is 2.80 bits per heavy atom. The number of halogens is 1. The van der Waals surface area contributed by atoms with Crippen molar-refractivity contribution in [2.24, 2.45) is 0 Å². The zero-order valence-corrected chi connectivity index (χ0v) is 12.5. The van der Waals surface area contributed by atoms with E-state index in [1.165, 1.54) is 16.6 Å². The molecule has 0 saturated carbocycles. The standard InChI is InChI=1S/C16H19ClN2O/c1-12-10-13(4-5-17)15-11-14(2-3-16(15)18-12)19-6-8-20-9-7-19/h2-3,10-11H,4-9H2,1H3. The lowest BCUT2D eigenvalue weighted by molar-refractivity contribution is 0.122. The lowest BCUT2D eigenvalue weighted by Gasteiger charge is -2.29. The molecule has 1 aliphatic rings. The van der Waals surface area contributed by atoms with Crippen LogP contribution in [0.15, 0.2) is 24.3 Å². The van der Waals surface area contributed by atoms with Gasteiger partial charge in [0.05, 0.1) is 18.7 Å². The van der Waals surface area contributed by atoms with Gasteiger partial charge in [-0.3, -0.25) is 4.98 Å². The first kappa shape index (κ1) is 13.7. The van der Waals surface area contributed by atoms with Gasteiger partial charge in [0, 0.05) is 35.7 Å². The number of aryl methyl sites for hydroxylation is 2. The highest BCUT2D eigenvalue weighted by atomic mass is 35.5. The second-order valence-corrected chi connectivity index (χ2v) is 5.54. The molecule has 0 aliphatic carbocycles. The van der Waals surface area contributed by atoms with Crippen molar-refractivity contribution in [3.05, 3.63) is 35.5 Å². The van der Waals surface area contributed by atoms with Crippen LogP contribution >= 0.6 is 11.6 Å². The van der Waals surface area contributed by atoms with Crippen molar-refractivity contribution in [3.8, 4) is 0 Å². The molecule has 1 aromatic carbocycles. The number of aromatic nitrogens is 1. The number of morpholine rings is 1. The molecule has 0 N–H and O–H groups in total. The van der Waals surface area contributed by atoms with E-state index in [9.17, 15) is 0 Å². The van der Waals surface area contributed by atoms with Gasteiger partial charge in [0.1, 0.15) is 0 Å². The Hall–Kier alpha value is -1.32. The second kappa shape index (κ2) is 5.98. The van der Waals surface area contributed by atoms with E-state index >= 15 is 0 Å². The molecule has 1 saturated heterocycles. The van der Waals surface area contributed by atoms with Crippen molar-refractivity contribution in [2.75, 3.05) is 37.1 Å². The summed E-state index contributed by atoms with van der Waals surface area (Å²) in [5, 5.41) is 1.22. The van der Waals surface area contributed by atoms with Crippen LogP contribution < -0.4 is 4.90 Å². The summed E-state index contributed by atoms with van der Waals surface area (Å²) in [6.45, 7) is 5.55. The van der Waals surface area contributed by atoms with Crippen LogP contribution in [0.3, 0.4) is 0 Å². The van der Waals surface area contributed by atoms with E-state index in [0.29, 0.717) is 5.88 Å². The molecule has 3 rings (SSSR count). The molecule has 0 unspecified atom stereocenters. The molecule has 1 aromatic heterocycles. The third-order valence-electron chi connectivity index (χ3n) is 3.75. The summed E-state index contributed by atoms with van der Waals surface area (Å²) in [5.74, 6) is 0.639. The Morgan fingerprint density at radius 1 is 1.25 bits per heavy atom. The minimum Gasteiger partial charge on any atom is -0.378 e. The van der Waals surface area contributed by atoms with Gasteiger partial charge in [-0.15, -0.1) is 11.6 Å². The number of rotatable bonds is 3. The van der Waals surface area contributed by atoms with Crippen LogP contribution in [0, 0.1) is 6.92 Å². The maximum Gasteiger partial charge on any atom is 0.0709 e. The van der Waals surface area contributed by atoms with Gasteiger partial charge in [0.15, 0.2) is 0 Å².